The highest BCUT2D eigenvalue weighted by Gasteiger charge is 2.76. The number of carboxylic acids is 1. The van der Waals surface area contributed by atoms with E-state index in [1.807, 2.05) is 26.0 Å². The van der Waals surface area contributed by atoms with Gasteiger partial charge in [-0.25, -0.2) is 8.42 Å². The molecule has 26 heavy (non-hydrogen) atoms. The van der Waals surface area contributed by atoms with Crippen LogP contribution in [-0.2, 0) is 19.4 Å². The van der Waals surface area contributed by atoms with Crippen LogP contribution in [0.3, 0.4) is 0 Å². The minimum atomic E-state index is -3.83. The quantitative estimate of drug-likeness (QED) is 0.841. The summed E-state index contributed by atoms with van der Waals surface area (Å²) in [6.07, 6.45) is 0. The van der Waals surface area contributed by atoms with Gasteiger partial charge in [-0.2, -0.15) is 0 Å². The molecule has 138 valence electrons. The second kappa shape index (κ2) is 6.52. The summed E-state index contributed by atoms with van der Waals surface area (Å²) in [4.78, 5) is 12.3. The standard InChI is InChI=1S/C20H22O5S/c1-13-4-8-15(9-5-13)17-18(20(17,12-25-3)19(21)22)26(23,24)16-10-6-14(2)7-11-16/h4-11,17-18H,12H2,1-3H3,(H,21,22)/t17-,18-,20+/m1/s1. The van der Waals surface area contributed by atoms with Crippen molar-refractivity contribution in [2.45, 2.75) is 29.9 Å². The number of hydrogen-bond donors (Lipinski definition) is 1. The molecule has 0 heterocycles. The van der Waals surface area contributed by atoms with Crippen molar-refractivity contribution in [3.8, 4) is 0 Å². The number of ether oxygens (including phenoxy) is 1. The first-order valence-electron chi connectivity index (χ1n) is 8.34. The van der Waals surface area contributed by atoms with Gasteiger partial charge in [-0.1, -0.05) is 47.5 Å². The molecule has 2 aromatic rings. The van der Waals surface area contributed by atoms with Gasteiger partial charge in [0.1, 0.15) is 5.41 Å². The van der Waals surface area contributed by atoms with Gasteiger partial charge in [-0.05, 0) is 31.5 Å². The second-order valence-corrected chi connectivity index (χ2v) is 9.01. The molecular weight excluding hydrogens is 352 g/mol. The molecule has 0 amide bonds. The van der Waals surface area contributed by atoms with Crippen LogP contribution in [0.5, 0.6) is 0 Å². The second-order valence-electron chi connectivity index (χ2n) is 6.95. The zero-order valence-corrected chi connectivity index (χ0v) is 15.8. The summed E-state index contributed by atoms with van der Waals surface area (Å²) in [5, 5.41) is 8.84. The molecule has 1 aliphatic rings. The Morgan fingerprint density at radius 2 is 1.54 bits per heavy atom. The molecule has 0 saturated heterocycles. The van der Waals surface area contributed by atoms with E-state index in [0.717, 1.165) is 11.1 Å². The Labute approximate surface area is 153 Å². The normalized spacial score (nSPS) is 25.0. The van der Waals surface area contributed by atoms with Crippen LogP contribution in [0.25, 0.3) is 0 Å². The van der Waals surface area contributed by atoms with E-state index >= 15 is 0 Å². The van der Waals surface area contributed by atoms with Gasteiger partial charge in [0.2, 0.25) is 0 Å². The lowest BCUT2D eigenvalue weighted by atomic mass is 9.99. The lowest BCUT2D eigenvalue weighted by Gasteiger charge is -2.12. The van der Waals surface area contributed by atoms with E-state index in [0.29, 0.717) is 5.56 Å². The lowest BCUT2D eigenvalue weighted by molar-refractivity contribution is -0.145. The largest absolute Gasteiger partial charge is 0.481 e. The maximum Gasteiger partial charge on any atom is 0.314 e. The van der Waals surface area contributed by atoms with Gasteiger partial charge in [-0.15, -0.1) is 0 Å². The Balaban J connectivity index is 2.11. The van der Waals surface area contributed by atoms with Crippen molar-refractivity contribution in [2.75, 3.05) is 13.7 Å². The molecule has 0 radical (unpaired) electrons. The highest BCUT2D eigenvalue weighted by Crippen LogP contribution is 2.64. The number of carbonyl (C=O) groups is 1. The van der Waals surface area contributed by atoms with Gasteiger partial charge >= 0.3 is 5.97 Å². The monoisotopic (exact) mass is 374 g/mol. The molecule has 1 fully saturated rings. The molecule has 3 atom stereocenters. The van der Waals surface area contributed by atoms with E-state index in [4.69, 9.17) is 4.74 Å². The van der Waals surface area contributed by atoms with Gasteiger partial charge in [0.05, 0.1) is 16.8 Å². The number of hydrogen-bond acceptors (Lipinski definition) is 4. The van der Waals surface area contributed by atoms with Gasteiger partial charge in [0.15, 0.2) is 9.84 Å². The topological polar surface area (TPSA) is 80.7 Å². The van der Waals surface area contributed by atoms with Crippen LogP contribution >= 0.6 is 0 Å². The first-order chi connectivity index (χ1) is 12.2. The van der Waals surface area contributed by atoms with Crippen LogP contribution in [0.4, 0.5) is 0 Å². The lowest BCUT2D eigenvalue weighted by Crippen LogP contribution is -2.28. The van der Waals surface area contributed by atoms with E-state index in [1.54, 1.807) is 24.3 Å². The Kier molecular flexibility index (Phi) is 4.67. The van der Waals surface area contributed by atoms with Crippen molar-refractivity contribution < 1.29 is 23.1 Å². The first kappa shape index (κ1) is 18.6. The Morgan fingerprint density at radius 3 is 2.00 bits per heavy atom. The maximum absolute atomic E-state index is 13.2. The maximum atomic E-state index is 13.2. The summed E-state index contributed by atoms with van der Waals surface area (Å²) in [6.45, 7) is 3.64. The van der Waals surface area contributed by atoms with Gasteiger partial charge < -0.3 is 9.84 Å². The van der Waals surface area contributed by atoms with Crippen LogP contribution in [0.1, 0.15) is 22.6 Å². The fourth-order valence-electron chi connectivity index (χ4n) is 3.71. The van der Waals surface area contributed by atoms with Crippen molar-refractivity contribution in [1.29, 1.82) is 0 Å². The number of benzene rings is 2. The Morgan fingerprint density at radius 1 is 1.04 bits per heavy atom. The summed E-state index contributed by atoms with van der Waals surface area (Å²) in [6, 6.07) is 13.8. The molecule has 1 aliphatic carbocycles. The Bertz CT molecular complexity index is 916. The average molecular weight is 374 g/mol. The summed E-state index contributed by atoms with van der Waals surface area (Å²) in [5.74, 6) is -1.79. The Hall–Kier alpha value is -2.18. The minimum Gasteiger partial charge on any atom is -0.481 e. The molecule has 0 unspecified atom stereocenters. The van der Waals surface area contributed by atoms with Crippen LogP contribution in [0.2, 0.25) is 0 Å². The van der Waals surface area contributed by atoms with E-state index in [9.17, 15) is 18.3 Å². The van der Waals surface area contributed by atoms with Crippen molar-refractivity contribution >= 4 is 15.8 Å². The van der Waals surface area contributed by atoms with Crippen molar-refractivity contribution in [3.05, 3.63) is 65.2 Å². The van der Waals surface area contributed by atoms with Crippen molar-refractivity contribution in [2.24, 2.45) is 5.41 Å². The molecule has 0 bridgehead atoms. The van der Waals surface area contributed by atoms with Gasteiger partial charge in [0.25, 0.3) is 0 Å². The molecule has 0 aromatic heterocycles. The number of aryl methyl sites for hydroxylation is 2. The zero-order valence-electron chi connectivity index (χ0n) is 15.0. The molecule has 0 aliphatic heterocycles. The fraction of sp³-hybridized carbons (Fsp3) is 0.350. The summed E-state index contributed by atoms with van der Waals surface area (Å²) in [7, 11) is -2.43. The van der Waals surface area contributed by atoms with Crippen LogP contribution in [0.15, 0.2) is 53.4 Å². The molecule has 1 N–H and O–H groups in total. The fourth-order valence-corrected chi connectivity index (χ4v) is 6.07. The SMILES string of the molecule is COC[C@]1(C(=O)O)[C@H](c2ccc(C)cc2)[C@H]1S(=O)(=O)c1ccc(C)cc1. The highest BCUT2D eigenvalue weighted by atomic mass is 32.2. The predicted octanol–water partition coefficient (Wildman–Crippen LogP) is 2.96. The molecule has 5 nitrogen and oxygen atoms in total. The predicted molar refractivity (Wildman–Crippen MR) is 98.0 cm³/mol. The van der Waals surface area contributed by atoms with Crippen LogP contribution < -0.4 is 0 Å². The van der Waals surface area contributed by atoms with Crippen molar-refractivity contribution in [1.82, 2.24) is 0 Å². The van der Waals surface area contributed by atoms with Crippen molar-refractivity contribution in [3.63, 3.8) is 0 Å². The smallest absolute Gasteiger partial charge is 0.314 e. The summed E-state index contributed by atoms with van der Waals surface area (Å²) >= 11 is 0. The zero-order chi connectivity index (χ0) is 19.1. The molecule has 6 heteroatoms. The van der Waals surface area contributed by atoms with Gasteiger partial charge in [0, 0.05) is 13.0 Å². The van der Waals surface area contributed by atoms with Crippen LogP contribution in [-0.4, -0.2) is 38.5 Å². The number of sulfone groups is 1. The van der Waals surface area contributed by atoms with E-state index in [2.05, 4.69) is 0 Å². The third-order valence-corrected chi connectivity index (χ3v) is 7.45. The number of carboxylic acid groups (broad SMARTS) is 1. The van der Waals surface area contributed by atoms with E-state index in [1.165, 1.54) is 19.2 Å². The summed E-state index contributed by atoms with van der Waals surface area (Å²) < 4.78 is 31.6. The first-order valence-corrected chi connectivity index (χ1v) is 9.89. The van der Waals surface area contributed by atoms with Crippen LogP contribution in [0, 0.1) is 19.3 Å². The number of rotatable bonds is 6. The number of methoxy groups -OCH3 is 1. The molecular formula is C20H22O5S. The molecule has 2 aromatic carbocycles. The molecule has 1 saturated carbocycles. The van der Waals surface area contributed by atoms with Gasteiger partial charge in [-0.3, -0.25) is 4.79 Å². The van der Waals surface area contributed by atoms with E-state index < -0.39 is 32.4 Å². The molecule has 3 rings (SSSR count). The minimum absolute atomic E-state index is 0.143. The van der Waals surface area contributed by atoms with E-state index in [-0.39, 0.29) is 11.5 Å². The summed E-state index contributed by atoms with van der Waals surface area (Å²) in [5.41, 5.74) is 1.19. The third kappa shape index (κ3) is 2.83. The average Bonchev–Trinajstić information content (AvgIpc) is 3.27. The highest BCUT2D eigenvalue weighted by molar-refractivity contribution is 7.92. The third-order valence-electron chi connectivity index (χ3n) is 5.16. The molecule has 0 spiro atoms. The number of aliphatic carboxylic acids is 1.